The van der Waals surface area contributed by atoms with Gasteiger partial charge in [-0.2, -0.15) is 13.8 Å². The number of rotatable bonds is 6. The van der Waals surface area contributed by atoms with Gasteiger partial charge in [-0.25, -0.2) is 4.98 Å². The van der Waals surface area contributed by atoms with Crippen molar-refractivity contribution in [2.75, 3.05) is 11.9 Å². The summed E-state index contributed by atoms with van der Waals surface area (Å²) in [4.78, 5) is 24.1. The zero-order valence-corrected chi connectivity index (χ0v) is 20.9. The molecule has 1 fully saturated rings. The number of nitrogens with zero attached hydrogens (tertiary/aromatic N) is 7. The maximum Gasteiger partial charge on any atom is 0.387 e. The summed E-state index contributed by atoms with van der Waals surface area (Å²) in [5.74, 6) is 3.17. The molecular formula is C26H28F2N8O2. The number of nitrogens with one attached hydrogen (secondary N) is 1. The fraction of sp³-hybridized carbons (Fsp3) is 0.423. The van der Waals surface area contributed by atoms with E-state index in [0.29, 0.717) is 35.8 Å². The van der Waals surface area contributed by atoms with E-state index in [1.807, 2.05) is 22.5 Å². The number of fused-ring (bicyclic) bond motifs is 2. The van der Waals surface area contributed by atoms with Gasteiger partial charge in [-0.3, -0.25) is 4.79 Å². The van der Waals surface area contributed by atoms with E-state index in [1.165, 1.54) is 6.07 Å². The van der Waals surface area contributed by atoms with E-state index in [1.54, 1.807) is 30.6 Å². The summed E-state index contributed by atoms with van der Waals surface area (Å²) in [6.07, 6.45) is 6.72. The number of carbonyl (C=O) groups excluding carboxylic acids is 1. The Hall–Kier alpha value is -4.09. The van der Waals surface area contributed by atoms with Crippen LogP contribution in [0.1, 0.15) is 37.3 Å². The molecule has 4 aromatic rings. The summed E-state index contributed by atoms with van der Waals surface area (Å²) in [7, 11) is 0. The third kappa shape index (κ3) is 4.66. The van der Waals surface area contributed by atoms with Gasteiger partial charge >= 0.3 is 6.61 Å². The molecule has 1 aliphatic heterocycles. The lowest BCUT2D eigenvalue weighted by Crippen LogP contribution is -2.43. The van der Waals surface area contributed by atoms with Crippen LogP contribution >= 0.6 is 0 Å². The third-order valence-corrected chi connectivity index (χ3v) is 7.46. The van der Waals surface area contributed by atoms with Crippen molar-refractivity contribution in [3.05, 3.63) is 54.4 Å². The predicted molar refractivity (Wildman–Crippen MR) is 135 cm³/mol. The van der Waals surface area contributed by atoms with Crippen molar-refractivity contribution in [3.63, 3.8) is 0 Å². The van der Waals surface area contributed by atoms with Gasteiger partial charge in [0.25, 0.3) is 0 Å². The van der Waals surface area contributed by atoms with Crippen LogP contribution in [-0.4, -0.2) is 59.3 Å². The molecule has 0 saturated heterocycles. The maximum absolute atomic E-state index is 13.2. The van der Waals surface area contributed by atoms with Crippen LogP contribution in [0.3, 0.4) is 0 Å². The summed E-state index contributed by atoms with van der Waals surface area (Å²) < 4.78 is 34.1. The lowest BCUT2D eigenvalue weighted by Gasteiger charge is -2.34. The summed E-state index contributed by atoms with van der Waals surface area (Å²) in [5.41, 5.74) is 0.706. The molecule has 10 nitrogen and oxygen atoms in total. The number of anilines is 1. The van der Waals surface area contributed by atoms with E-state index in [2.05, 4.69) is 34.8 Å². The minimum absolute atomic E-state index is 0.00626. The summed E-state index contributed by atoms with van der Waals surface area (Å²) >= 11 is 0. The fourth-order valence-electron chi connectivity index (χ4n) is 5.51. The second-order valence-corrected chi connectivity index (χ2v) is 9.76. The van der Waals surface area contributed by atoms with Crippen LogP contribution in [0.15, 0.2) is 42.7 Å². The van der Waals surface area contributed by atoms with Crippen LogP contribution in [0.25, 0.3) is 16.7 Å². The van der Waals surface area contributed by atoms with E-state index in [4.69, 9.17) is 0 Å². The van der Waals surface area contributed by atoms with E-state index in [0.717, 1.165) is 43.9 Å². The predicted octanol–water partition coefficient (Wildman–Crippen LogP) is 3.93. The highest BCUT2D eigenvalue weighted by molar-refractivity contribution is 5.87. The van der Waals surface area contributed by atoms with Gasteiger partial charge < -0.3 is 24.1 Å². The molecule has 0 radical (unpaired) electrons. The van der Waals surface area contributed by atoms with Gasteiger partial charge in [0, 0.05) is 42.8 Å². The Labute approximate surface area is 217 Å². The minimum atomic E-state index is -2.89. The highest BCUT2D eigenvalue weighted by Crippen LogP contribution is 2.31. The smallest absolute Gasteiger partial charge is 0.387 e. The molecule has 0 unspecified atom stereocenters. The van der Waals surface area contributed by atoms with Crippen molar-refractivity contribution in [2.45, 2.75) is 58.3 Å². The van der Waals surface area contributed by atoms with Crippen LogP contribution in [0.2, 0.25) is 0 Å². The average Bonchev–Trinajstić information content (AvgIpc) is 3.53. The Bertz CT molecular complexity index is 1460. The van der Waals surface area contributed by atoms with Gasteiger partial charge in [-0.15, -0.1) is 10.2 Å². The second-order valence-electron chi connectivity index (χ2n) is 9.76. The van der Waals surface area contributed by atoms with E-state index in [9.17, 15) is 13.6 Å². The number of hydrogen-bond acceptors (Lipinski definition) is 7. The highest BCUT2D eigenvalue weighted by Gasteiger charge is 2.32. The van der Waals surface area contributed by atoms with Gasteiger partial charge in [-0.05, 0) is 56.9 Å². The Balaban J connectivity index is 1.09. The molecule has 2 aliphatic rings. The molecule has 1 N–H and O–H groups in total. The van der Waals surface area contributed by atoms with Crippen LogP contribution in [0.4, 0.5) is 14.7 Å². The number of alkyl halides is 2. The van der Waals surface area contributed by atoms with Gasteiger partial charge in [0.2, 0.25) is 11.9 Å². The Morgan fingerprint density at radius 1 is 1.11 bits per heavy atom. The fourth-order valence-corrected chi connectivity index (χ4v) is 5.51. The lowest BCUT2D eigenvalue weighted by molar-refractivity contribution is -0.138. The molecule has 0 bridgehead atoms. The van der Waals surface area contributed by atoms with Crippen molar-refractivity contribution in [2.24, 2.45) is 5.92 Å². The number of halogens is 2. The maximum atomic E-state index is 13.2. The summed E-state index contributed by atoms with van der Waals surface area (Å²) in [5, 5.41) is 12.3. The third-order valence-electron chi connectivity index (χ3n) is 7.46. The number of aryl methyl sites for hydroxylation is 1. The SMILES string of the molecule is Cc1nnc2n1CCN(C(=O)[C@H]1CC[C@H](Nc3nccc(-n4ccc5c(OC(F)F)cccc54)n3)CC1)C2. The normalized spacial score (nSPS) is 19.5. The Morgan fingerprint density at radius 3 is 2.76 bits per heavy atom. The highest BCUT2D eigenvalue weighted by atomic mass is 19.3. The summed E-state index contributed by atoms with van der Waals surface area (Å²) in [6.45, 7) is 0.983. The molecule has 6 rings (SSSR count). The number of hydrogen-bond donors (Lipinski definition) is 1. The first-order chi connectivity index (χ1) is 18.5. The first-order valence-corrected chi connectivity index (χ1v) is 12.8. The van der Waals surface area contributed by atoms with Crippen LogP contribution in [-0.2, 0) is 17.9 Å². The quantitative estimate of drug-likeness (QED) is 0.409. The largest absolute Gasteiger partial charge is 0.434 e. The number of carbonyl (C=O) groups is 1. The first kappa shape index (κ1) is 24.3. The van der Waals surface area contributed by atoms with Crippen molar-refractivity contribution in [3.8, 4) is 11.6 Å². The van der Waals surface area contributed by atoms with Crippen LogP contribution < -0.4 is 10.1 Å². The topological polar surface area (TPSA) is 103 Å². The molecule has 1 amide bonds. The minimum Gasteiger partial charge on any atom is -0.434 e. The van der Waals surface area contributed by atoms with E-state index >= 15 is 0 Å². The van der Waals surface area contributed by atoms with Crippen LogP contribution in [0, 0.1) is 12.8 Å². The molecule has 198 valence electrons. The number of amides is 1. The molecule has 12 heteroatoms. The Kier molecular flexibility index (Phi) is 6.38. The molecule has 0 atom stereocenters. The number of benzene rings is 1. The molecular weight excluding hydrogens is 494 g/mol. The van der Waals surface area contributed by atoms with Gasteiger partial charge in [0.15, 0.2) is 5.82 Å². The van der Waals surface area contributed by atoms with Gasteiger partial charge in [-0.1, -0.05) is 6.07 Å². The molecule has 1 aliphatic carbocycles. The molecule has 38 heavy (non-hydrogen) atoms. The molecule has 3 aromatic heterocycles. The van der Waals surface area contributed by atoms with Crippen molar-refractivity contribution in [1.29, 1.82) is 0 Å². The Morgan fingerprint density at radius 2 is 1.95 bits per heavy atom. The number of aromatic nitrogens is 6. The zero-order valence-electron chi connectivity index (χ0n) is 20.9. The van der Waals surface area contributed by atoms with E-state index in [-0.39, 0.29) is 23.6 Å². The molecule has 1 aromatic carbocycles. The van der Waals surface area contributed by atoms with Gasteiger partial charge in [0.05, 0.1) is 12.1 Å². The van der Waals surface area contributed by atoms with Crippen molar-refractivity contribution >= 4 is 22.8 Å². The average molecular weight is 523 g/mol. The monoisotopic (exact) mass is 522 g/mol. The van der Waals surface area contributed by atoms with Crippen LogP contribution in [0.5, 0.6) is 5.75 Å². The van der Waals surface area contributed by atoms with Crippen molar-refractivity contribution < 1.29 is 18.3 Å². The lowest BCUT2D eigenvalue weighted by atomic mass is 9.85. The van der Waals surface area contributed by atoms with E-state index < -0.39 is 6.61 Å². The summed E-state index contributed by atoms with van der Waals surface area (Å²) in [6, 6.07) is 8.68. The first-order valence-electron chi connectivity index (χ1n) is 12.8. The van der Waals surface area contributed by atoms with Gasteiger partial charge in [0.1, 0.15) is 17.4 Å². The zero-order chi connectivity index (χ0) is 26.2. The second kappa shape index (κ2) is 9.99. The molecule has 4 heterocycles. The number of ether oxygens (including phenoxy) is 1. The van der Waals surface area contributed by atoms with Crippen molar-refractivity contribution in [1.82, 2.24) is 34.2 Å². The standard InChI is InChI=1S/C26H28F2N8O2/c1-16-32-33-23-15-34(13-14-35(16)23)24(37)17-5-7-18(8-6-17)30-26-29-11-9-22(31-26)36-12-10-19-20(36)3-2-4-21(19)38-25(27)28/h2-4,9-12,17-18,25H,5-8,13-15H2,1H3,(H,29,30,31)/t17-,18-. The molecule has 0 spiro atoms. The molecule has 1 saturated carbocycles.